The van der Waals surface area contributed by atoms with E-state index in [0.717, 1.165) is 5.69 Å². The largest absolute Gasteiger partial charge is 0.396 e. The fourth-order valence-corrected chi connectivity index (χ4v) is 1.43. The number of rotatable bonds is 5. The van der Waals surface area contributed by atoms with E-state index in [1.165, 1.54) is 6.33 Å². The van der Waals surface area contributed by atoms with Crippen molar-refractivity contribution in [2.45, 2.75) is 13.8 Å². The second-order valence-electron chi connectivity index (χ2n) is 4.89. The lowest BCUT2D eigenvalue weighted by Gasteiger charge is -2.23. The number of aromatic nitrogens is 4. The highest BCUT2D eigenvalue weighted by atomic mass is 16.3. The van der Waals surface area contributed by atoms with Crippen LogP contribution in [0.15, 0.2) is 31.0 Å². The molecule has 2 aromatic heterocycles. The molecule has 96 valence electrons. The molecule has 0 aliphatic carbocycles. The zero-order valence-electron chi connectivity index (χ0n) is 10.5. The highest BCUT2D eigenvalue weighted by Gasteiger charge is 2.17. The molecule has 2 heterocycles. The molecule has 6 nitrogen and oxygen atoms in total. The van der Waals surface area contributed by atoms with Gasteiger partial charge in [-0.25, -0.2) is 14.6 Å². The second kappa shape index (κ2) is 5.14. The van der Waals surface area contributed by atoms with Gasteiger partial charge in [-0.05, 0) is 12.1 Å². The number of pyridine rings is 1. The van der Waals surface area contributed by atoms with Crippen molar-refractivity contribution in [3.05, 3.63) is 31.0 Å². The molecule has 0 saturated carbocycles. The van der Waals surface area contributed by atoms with Crippen molar-refractivity contribution < 1.29 is 5.11 Å². The predicted octanol–water partition coefficient (Wildman–Crippen LogP) is 1.09. The van der Waals surface area contributed by atoms with Crippen molar-refractivity contribution >= 4 is 5.69 Å². The molecule has 2 aromatic rings. The van der Waals surface area contributed by atoms with Crippen molar-refractivity contribution in [3.63, 3.8) is 0 Å². The summed E-state index contributed by atoms with van der Waals surface area (Å²) in [6.45, 7) is 4.76. The number of hydrogen-bond acceptors (Lipinski definition) is 5. The van der Waals surface area contributed by atoms with Crippen LogP contribution in [0.25, 0.3) is 5.82 Å². The number of aliphatic hydroxyl groups excluding tert-OH is 1. The number of anilines is 1. The van der Waals surface area contributed by atoms with Crippen LogP contribution in [0.3, 0.4) is 0 Å². The van der Waals surface area contributed by atoms with Gasteiger partial charge in [-0.15, -0.1) is 0 Å². The zero-order valence-corrected chi connectivity index (χ0v) is 10.5. The Morgan fingerprint density at radius 2 is 2.28 bits per heavy atom. The molecule has 0 aliphatic heterocycles. The van der Waals surface area contributed by atoms with Crippen LogP contribution in [0.4, 0.5) is 5.69 Å². The maximum Gasteiger partial charge on any atom is 0.178 e. The van der Waals surface area contributed by atoms with E-state index in [4.69, 9.17) is 0 Å². The minimum Gasteiger partial charge on any atom is -0.396 e. The second-order valence-corrected chi connectivity index (χ2v) is 4.89. The maximum atomic E-state index is 9.24. The fraction of sp³-hybridized carbons (Fsp3) is 0.417. The van der Waals surface area contributed by atoms with Crippen LogP contribution in [-0.2, 0) is 0 Å². The van der Waals surface area contributed by atoms with Crippen LogP contribution in [-0.4, -0.2) is 38.0 Å². The summed E-state index contributed by atoms with van der Waals surface area (Å²) in [4.78, 5) is 8.19. The van der Waals surface area contributed by atoms with Gasteiger partial charge >= 0.3 is 0 Å². The molecule has 2 rings (SSSR count). The van der Waals surface area contributed by atoms with Gasteiger partial charge in [0.1, 0.15) is 12.7 Å². The van der Waals surface area contributed by atoms with E-state index in [-0.39, 0.29) is 12.0 Å². The van der Waals surface area contributed by atoms with Crippen LogP contribution < -0.4 is 5.32 Å². The first kappa shape index (κ1) is 12.5. The Hall–Kier alpha value is -1.95. The van der Waals surface area contributed by atoms with E-state index in [1.54, 1.807) is 17.2 Å². The summed E-state index contributed by atoms with van der Waals surface area (Å²) in [5, 5.41) is 16.6. The molecule has 2 N–H and O–H groups in total. The molecule has 6 heteroatoms. The molecule has 0 radical (unpaired) electrons. The van der Waals surface area contributed by atoms with Gasteiger partial charge in [0.15, 0.2) is 5.82 Å². The molecular weight excluding hydrogens is 230 g/mol. The topological polar surface area (TPSA) is 75.9 Å². The molecule has 0 atom stereocenters. The summed E-state index contributed by atoms with van der Waals surface area (Å²) in [5.41, 5.74) is 0.680. The summed E-state index contributed by atoms with van der Waals surface area (Å²) in [6.07, 6.45) is 4.78. The van der Waals surface area contributed by atoms with Gasteiger partial charge < -0.3 is 10.4 Å². The van der Waals surface area contributed by atoms with E-state index in [0.29, 0.717) is 12.4 Å². The van der Waals surface area contributed by atoms with Crippen LogP contribution in [0.5, 0.6) is 0 Å². The highest BCUT2D eigenvalue weighted by Crippen LogP contribution is 2.19. The Labute approximate surface area is 106 Å². The Morgan fingerprint density at radius 3 is 2.94 bits per heavy atom. The number of nitrogens with zero attached hydrogens (tertiary/aromatic N) is 4. The summed E-state index contributed by atoms with van der Waals surface area (Å²) in [6, 6.07) is 3.78. The summed E-state index contributed by atoms with van der Waals surface area (Å²) >= 11 is 0. The molecule has 0 aromatic carbocycles. The number of hydrogen-bond donors (Lipinski definition) is 2. The van der Waals surface area contributed by atoms with Crippen molar-refractivity contribution in [1.29, 1.82) is 0 Å². The van der Waals surface area contributed by atoms with Crippen molar-refractivity contribution in [2.75, 3.05) is 18.5 Å². The average molecular weight is 247 g/mol. The van der Waals surface area contributed by atoms with E-state index in [2.05, 4.69) is 20.4 Å². The lowest BCUT2D eigenvalue weighted by atomic mass is 9.95. The van der Waals surface area contributed by atoms with Crippen LogP contribution >= 0.6 is 0 Å². The molecular formula is C12H17N5O. The Bertz CT molecular complexity index is 495. The SMILES string of the molecule is CC(C)(CO)CNc1cccnc1-n1cncn1. The maximum absolute atomic E-state index is 9.24. The lowest BCUT2D eigenvalue weighted by molar-refractivity contribution is 0.171. The van der Waals surface area contributed by atoms with Gasteiger partial charge in [0.2, 0.25) is 0 Å². The highest BCUT2D eigenvalue weighted by molar-refractivity contribution is 5.56. The van der Waals surface area contributed by atoms with Crippen LogP contribution in [0.2, 0.25) is 0 Å². The first-order chi connectivity index (χ1) is 8.62. The van der Waals surface area contributed by atoms with Gasteiger partial charge in [0.25, 0.3) is 0 Å². The van der Waals surface area contributed by atoms with Gasteiger partial charge in [-0.3, -0.25) is 0 Å². The minimum atomic E-state index is -0.185. The van der Waals surface area contributed by atoms with Crippen molar-refractivity contribution in [3.8, 4) is 5.82 Å². The Kier molecular flexibility index (Phi) is 3.57. The summed E-state index contributed by atoms with van der Waals surface area (Å²) in [7, 11) is 0. The van der Waals surface area contributed by atoms with Crippen molar-refractivity contribution in [1.82, 2.24) is 19.7 Å². The summed E-state index contributed by atoms with van der Waals surface area (Å²) < 4.78 is 1.61. The molecule has 0 amide bonds. The van der Waals surface area contributed by atoms with Crippen LogP contribution in [0, 0.1) is 5.41 Å². The van der Waals surface area contributed by atoms with Gasteiger partial charge in [0, 0.05) is 24.8 Å². The molecule has 0 unspecified atom stereocenters. The van der Waals surface area contributed by atoms with Gasteiger partial charge in [-0.2, -0.15) is 5.10 Å². The third-order valence-corrected chi connectivity index (χ3v) is 2.61. The molecule has 0 spiro atoms. The molecule has 0 bridgehead atoms. The third kappa shape index (κ3) is 2.84. The summed E-state index contributed by atoms with van der Waals surface area (Å²) in [5.74, 6) is 0.698. The molecule has 0 fully saturated rings. The van der Waals surface area contributed by atoms with E-state index < -0.39 is 0 Å². The first-order valence-electron chi connectivity index (χ1n) is 5.77. The minimum absolute atomic E-state index is 0.124. The predicted molar refractivity (Wildman–Crippen MR) is 68.5 cm³/mol. The quantitative estimate of drug-likeness (QED) is 0.827. The number of nitrogens with one attached hydrogen (secondary N) is 1. The van der Waals surface area contributed by atoms with E-state index >= 15 is 0 Å². The van der Waals surface area contributed by atoms with E-state index in [9.17, 15) is 5.11 Å². The van der Waals surface area contributed by atoms with E-state index in [1.807, 2.05) is 26.0 Å². The zero-order chi connectivity index (χ0) is 13.0. The van der Waals surface area contributed by atoms with Crippen LogP contribution in [0.1, 0.15) is 13.8 Å². The fourth-order valence-electron chi connectivity index (χ4n) is 1.43. The smallest absolute Gasteiger partial charge is 0.178 e. The third-order valence-electron chi connectivity index (χ3n) is 2.61. The normalized spacial score (nSPS) is 11.5. The monoisotopic (exact) mass is 247 g/mol. The molecule has 0 aliphatic rings. The van der Waals surface area contributed by atoms with Gasteiger partial charge in [0.05, 0.1) is 5.69 Å². The van der Waals surface area contributed by atoms with Crippen molar-refractivity contribution in [2.24, 2.45) is 5.41 Å². The standard InChI is InChI=1S/C12H17N5O/c1-12(2,7-18)6-15-10-4-3-5-14-11(10)17-9-13-8-16-17/h3-5,8-9,15,18H,6-7H2,1-2H3. The molecule has 0 saturated heterocycles. The Morgan fingerprint density at radius 1 is 1.44 bits per heavy atom. The first-order valence-corrected chi connectivity index (χ1v) is 5.77. The average Bonchev–Trinajstić information content (AvgIpc) is 2.91. The number of aliphatic hydroxyl groups is 1. The Balaban J connectivity index is 2.19. The lowest BCUT2D eigenvalue weighted by Crippen LogP contribution is -2.27. The van der Waals surface area contributed by atoms with Gasteiger partial charge in [-0.1, -0.05) is 13.8 Å². The molecule has 18 heavy (non-hydrogen) atoms.